The Bertz CT molecular complexity index is 1260. The van der Waals surface area contributed by atoms with Crippen molar-refractivity contribution >= 4 is 29.2 Å². The van der Waals surface area contributed by atoms with Crippen LogP contribution in [0.2, 0.25) is 0 Å². The standard InChI is InChI=1S/C30H33N3O4/c1-21(34)24-12-6-13-25(18-24)31-30(36)32-28-15-7-14-26(29(35)37-2)27(28)20-33-16-8-11-23(19-33)17-22-9-4-3-5-10-22/h3-7,9-10,12-15,18,23H,8,11,16-17,19-20H2,1-2H3,(H2,31,32,36). The molecular formula is C30H33N3O4. The van der Waals surface area contributed by atoms with Gasteiger partial charge in [-0.15, -0.1) is 0 Å². The maximum atomic E-state index is 12.9. The van der Waals surface area contributed by atoms with Crippen LogP contribution in [0, 0.1) is 5.92 Å². The summed E-state index contributed by atoms with van der Waals surface area (Å²) in [6.45, 7) is 3.83. The summed E-state index contributed by atoms with van der Waals surface area (Å²) in [7, 11) is 1.36. The summed E-state index contributed by atoms with van der Waals surface area (Å²) in [5, 5.41) is 5.68. The van der Waals surface area contributed by atoms with Gasteiger partial charge in [0.25, 0.3) is 0 Å². The molecule has 0 saturated carbocycles. The number of anilines is 2. The predicted octanol–water partition coefficient (Wildman–Crippen LogP) is 5.77. The Hall–Kier alpha value is -3.97. The van der Waals surface area contributed by atoms with Crippen LogP contribution >= 0.6 is 0 Å². The van der Waals surface area contributed by atoms with Crippen LogP contribution < -0.4 is 10.6 Å². The number of nitrogens with one attached hydrogen (secondary N) is 2. The quantitative estimate of drug-likeness (QED) is 0.303. The van der Waals surface area contributed by atoms with E-state index in [9.17, 15) is 14.4 Å². The van der Waals surface area contributed by atoms with Crippen LogP contribution in [0.25, 0.3) is 0 Å². The molecule has 1 atom stereocenters. The number of Topliss-reactive ketones (excluding diaryl/α,β-unsaturated/α-hetero) is 1. The minimum atomic E-state index is -0.454. The average Bonchev–Trinajstić information content (AvgIpc) is 2.90. The number of ether oxygens (including phenoxy) is 1. The zero-order valence-electron chi connectivity index (χ0n) is 21.3. The van der Waals surface area contributed by atoms with Gasteiger partial charge in [-0.1, -0.05) is 48.5 Å². The molecule has 0 radical (unpaired) electrons. The van der Waals surface area contributed by atoms with E-state index < -0.39 is 12.0 Å². The van der Waals surface area contributed by atoms with Gasteiger partial charge >= 0.3 is 12.0 Å². The highest BCUT2D eigenvalue weighted by molar-refractivity contribution is 6.03. The fourth-order valence-electron chi connectivity index (χ4n) is 4.91. The van der Waals surface area contributed by atoms with E-state index >= 15 is 0 Å². The number of ketones is 1. The molecule has 0 aromatic heterocycles. The Morgan fingerprint density at radius 1 is 0.973 bits per heavy atom. The molecule has 1 aliphatic heterocycles. The first kappa shape index (κ1) is 26.1. The number of likely N-dealkylation sites (tertiary alicyclic amines) is 1. The largest absolute Gasteiger partial charge is 0.465 e. The maximum Gasteiger partial charge on any atom is 0.338 e. The molecule has 7 heteroatoms. The lowest BCUT2D eigenvalue weighted by molar-refractivity contribution is 0.0597. The van der Waals surface area contributed by atoms with Crippen molar-refractivity contribution < 1.29 is 19.1 Å². The van der Waals surface area contributed by atoms with Crippen LogP contribution in [-0.4, -0.2) is 42.9 Å². The lowest BCUT2D eigenvalue weighted by Crippen LogP contribution is -2.36. The number of nitrogens with zero attached hydrogens (tertiary/aromatic N) is 1. The van der Waals surface area contributed by atoms with E-state index in [1.54, 1.807) is 42.5 Å². The van der Waals surface area contributed by atoms with Crippen LogP contribution in [0.5, 0.6) is 0 Å². The van der Waals surface area contributed by atoms with Gasteiger partial charge in [-0.2, -0.15) is 0 Å². The molecule has 4 rings (SSSR count). The summed E-state index contributed by atoms with van der Waals surface area (Å²) in [6.07, 6.45) is 3.26. The van der Waals surface area contributed by atoms with Gasteiger partial charge in [0.2, 0.25) is 0 Å². The first-order chi connectivity index (χ1) is 17.9. The van der Waals surface area contributed by atoms with Crippen LogP contribution in [-0.2, 0) is 17.7 Å². The summed E-state index contributed by atoms with van der Waals surface area (Å²) >= 11 is 0. The number of piperidine rings is 1. The van der Waals surface area contributed by atoms with Crippen molar-refractivity contribution in [2.75, 3.05) is 30.8 Å². The number of hydrogen-bond acceptors (Lipinski definition) is 5. The molecule has 37 heavy (non-hydrogen) atoms. The molecule has 3 aromatic rings. The molecule has 0 bridgehead atoms. The monoisotopic (exact) mass is 499 g/mol. The number of rotatable bonds is 8. The molecule has 1 aliphatic rings. The second kappa shape index (κ2) is 12.3. The first-order valence-electron chi connectivity index (χ1n) is 12.6. The maximum absolute atomic E-state index is 12.9. The number of amides is 2. The normalized spacial score (nSPS) is 15.6. The smallest absolute Gasteiger partial charge is 0.338 e. The van der Waals surface area contributed by atoms with Crippen molar-refractivity contribution in [1.82, 2.24) is 4.90 Å². The molecule has 3 aromatic carbocycles. The Balaban J connectivity index is 1.51. The van der Waals surface area contributed by atoms with Gasteiger partial charge < -0.3 is 15.4 Å². The zero-order valence-corrected chi connectivity index (χ0v) is 21.3. The summed E-state index contributed by atoms with van der Waals surface area (Å²) in [5.74, 6) is 0.00462. The van der Waals surface area contributed by atoms with Crippen molar-refractivity contribution in [3.63, 3.8) is 0 Å². The summed E-state index contributed by atoms with van der Waals surface area (Å²) in [6, 6.07) is 22.1. The van der Waals surface area contributed by atoms with E-state index in [0.29, 0.717) is 35.0 Å². The molecule has 1 fully saturated rings. The van der Waals surface area contributed by atoms with Crippen molar-refractivity contribution in [2.24, 2.45) is 5.92 Å². The lowest BCUT2D eigenvalue weighted by Gasteiger charge is -2.33. The highest BCUT2D eigenvalue weighted by atomic mass is 16.5. The highest BCUT2D eigenvalue weighted by Crippen LogP contribution is 2.27. The fraction of sp³-hybridized carbons (Fsp3) is 0.300. The van der Waals surface area contributed by atoms with E-state index in [1.807, 2.05) is 6.07 Å². The molecule has 0 spiro atoms. The van der Waals surface area contributed by atoms with Gasteiger partial charge in [-0.25, -0.2) is 9.59 Å². The first-order valence-corrected chi connectivity index (χ1v) is 12.6. The minimum absolute atomic E-state index is 0.0794. The van der Waals surface area contributed by atoms with Gasteiger partial charge in [-0.3, -0.25) is 9.69 Å². The molecule has 2 amide bonds. The third-order valence-electron chi connectivity index (χ3n) is 6.71. The topological polar surface area (TPSA) is 87.7 Å². The molecule has 1 unspecified atom stereocenters. The van der Waals surface area contributed by atoms with Crippen molar-refractivity contribution in [3.05, 3.63) is 95.1 Å². The van der Waals surface area contributed by atoms with Gasteiger partial charge in [0.1, 0.15) is 0 Å². The third kappa shape index (κ3) is 7.05. The van der Waals surface area contributed by atoms with E-state index in [0.717, 1.165) is 37.9 Å². The molecule has 192 valence electrons. The Kier molecular flexibility index (Phi) is 8.69. The van der Waals surface area contributed by atoms with Crippen LogP contribution in [0.15, 0.2) is 72.8 Å². The number of hydrogen-bond donors (Lipinski definition) is 2. The second-order valence-corrected chi connectivity index (χ2v) is 9.47. The summed E-state index contributed by atoms with van der Waals surface area (Å²) in [5.41, 5.74) is 4.06. The van der Waals surface area contributed by atoms with Crippen molar-refractivity contribution in [1.29, 1.82) is 0 Å². The van der Waals surface area contributed by atoms with E-state index in [1.165, 1.54) is 19.6 Å². The molecule has 7 nitrogen and oxygen atoms in total. The van der Waals surface area contributed by atoms with Gasteiger partial charge in [-0.05, 0) is 68.5 Å². The number of benzene rings is 3. The fourth-order valence-corrected chi connectivity index (χ4v) is 4.91. The van der Waals surface area contributed by atoms with Crippen molar-refractivity contribution in [3.8, 4) is 0 Å². The Labute approximate surface area is 217 Å². The number of esters is 1. The number of carbonyl (C=O) groups is 3. The second-order valence-electron chi connectivity index (χ2n) is 9.47. The molecular weight excluding hydrogens is 466 g/mol. The summed E-state index contributed by atoms with van der Waals surface area (Å²) < 4.78 is 5.04. The van der Waals surface area contributed by atoms with Gasteiger partial charge in [0, 0.05) is 35.6 Å². The van der Waals surface area contributed by atoms with Crippen LogP contribution in [0.3, 0.4) is 0 Å². The van der Waals surface area contributed by atoms with E-state index in [-0.39, 0.29) is 5.78 Å². The summed E-state index contributed by atoms with van der Waals surface area (Å²) in [4.78, 5) is 39.5. The van der Waals surface area contributed by atoms with Gasteiger partial charge in [0.15, 0.2) is 5.78 Å². The van der Waals surface area contributed by atoms with Crippen LogP contribution in [0.1, 0.15) is 51.6 Å². The average molecular weight is 500 g/mol. The number of methoxy groups -OCH3 is 1. The Morgan fingerprint density at radius 2 is 1.76 bits per heavy atom. The van der Waals surface area contributed by atoms with Crippen LogP contribution in [0.4, 0.5) is 16.2 Å². The van der Waals surface area contributed by atoms with Crippen molar-refractivity contribution in [2.45, 2.75) is 32.7 Å². The van der Waals surface area contributed by atoms with E-state index in [2.05, 4.69) is 39.8 Å². The molecule has 1 heterocycles. The lowest BCUT2D eigenvalue weighted by atomic mass is 9.91. The minimum Gasteiger partial charge on any atom is -0.465 e. The third-order valence-corrected chi connectivity index (χ3v) is 6.71. The molecule has 1 saturated heterocycles. The Morgan fingerprint density at radius 3 is 2.51 bits per heavy atom. The van der Waals surface area contributed by atoms with Gasteiger partial charge in [0.05, 0.1) is 12.7 Å². The number of carbonyl (C=O) groups excluding carboxylic acids is 3. The predicted molar refractivity (Wildman–Crippen MR) is 145 cm³/mol. The zero-order chi connectivity index (χ0) is 26.2. The highest BCUT2D eigenvalue weighted by Gasteiger charge is 2.24. The molecule has 0 aliphatic carbocycles. The molecule has 2 N–H and O–H groups in total. The SMILES string of the molecule is COC(=O)c1cccc(NC(=O)Nc2cccc(C(C)=O)c2)c1CN1CCCC(Cc2ccccc2)C1. The number of urea groups is 1. The van der Waals surface area contributed by atoms with E-state index in [4.69, 9.17) is 4.74 Å².